The van der Waals surface area contributed by atoms with Gasteiger partial charge >= 0.3 is 5.97 Å². The van der Waals surface area contributed by atoms with Crippen LogP contribution in [-0.2, 0) is 11.3 Å². The Kier molecular flexibility index (Phi) is 4.85. The summed E-state index contributed by atoms with van der Waals surface area (Å²) >= 11 is 0. The van der Waals surface area contributed by atoms with Crippen molar-refractivity contribution in [3.63, 3.8) is 0 Å². The first kappa shape index (κ1) is 14.2. The zero-order valence-corrected chi connectivity index (χ0v) is 10.6. The van der Waals surface area contributed by atoms with Crippen LogP contribution < -0.4 is 5.73 Å². The molecule has 1 unspecified atom stereocenters. The number of nitrogens with two attached hydrogens (primary N) is 1. The van der Waals surface area contributed by atoms with Gasteiger partial charge in [0.25, 0.3) is 0 Å². The molecule has 1 amide bonds. The lowest BCUT2D eigenvalue weighted by atomic mass is 10.1. The molecule has 0 aliphatic rings. The van der Waals surface area contributed by atoms with E-state index in [0.29, 0.717) is 18.7 Å². The van der Waals surface area contributed by atoms with Crippen LogP contribution in [0.15, 0.2) is 24.3 Å². The van der Waals surface area contributed by atoms with Gasteiger partial charge in [-0.05, 0) is 24.7 Å². The standard InChI is InChI=1S/C13H18N2O3/c1-9(13(17)18)7-15(2)8-10-3-5-11(6-4-10)12(14)16/h3-6,9H,7-8H2,1-2H3,(H2,14,16)(H,17,18). The Balaban J connectivity index is 2.56. The SMILES string of the molecule is CC(CN(C)Cc1ccc(C(N)=O)cc1)C(=O)O. The number of rotatable bonds is 6. The van der Waals surface area contributed by atoms with E-state index in [9.17, 15) is 9.59 Å². The van der Waals surface area contributed by atoms with Gasteiger partial charge in [0.1, 0.15) is 0 Å². The summed E-state index contributed by atoms with van der Waals surface area (Å²) in [6.45, 7) is 2.79. The summed E-state index contributed by atoms with van der Waals surface area (Å²) in [5, 5.41) is 8.82. The van der Waals surface area contributed by atoms with E-state index in [0.717, 1.165) is 5.56 Å². The highest BCUT2D eigenvalue weighted by Crippen LogP contribution is 2.08. The molecule has 3 N–H and O–H groups in total. The predicted octanol–water partition coefficient (Wildman–Crippen LogP) is 0.938. The van der Waals surface area contributed by atoms with Gasteiger partial charge in [-0.25, -0.2) is 0 Å². The maximum atomic E-state index is 10.9. The molecule has 1 atom stereocenters. The lowest BCUT2D eigenvalue weighted by Crippen LogP contribution is -2.28. The first-order valence-electron chi connectivity index (χ1n) is 5.70. The van der Waals surface area contributed by atoms with Gasteiger partial charge < -0.3 is 15.7 Å². The van der Waals surface area contributed by atoms with E-state index in [1.165, 1.54) is 0 Å². The Morgan fingerprint density at radius 1 is 1.33 bits per heavy atom. The fourth-order valence-corrected chi connectivity index (χ4v) is 1.70. The van der Waals surface area contributed by atoms with Crippen molar-refractivity contribution < 1.29 is 14.7 Å². The van der Waals surface area contributed by atoms with Crippen LogP contribution in [0.5, 0.6) is 0 Å². The summed E-state index contributed by atoms with van der Waals surface area (Å²) < 4.78 is 0. The number of benzene rings is 1. The fourth-order valence-electron chi connectivity index (χ4n) is 1.70. The van der Waals surface area contributed by atoms with E-state index in [-0.39, 0.29) is 0 Å². The summed E-state index contributed by atoms with van der Waals surface area (Å²) in [4.78, 5) is 23.6. The Bertz CT molecular complexity index is 428. The van der Waals surface area contributed by atoms with Crippen LogP contribution in [-0.4, -0.2) is 35.5 Å². The minimum Gasteiger partial charge on any atom is -0.481 e. The monoisotopic (exact) mass is 250 g/mol. The van der Waals surface area contributed by atoms with Crippen LogP contribution in [0.3, 0.4) is 0 Å². The molecule has 0 saturated heterocycles. The summed E-state index contributed by atoms with van der Waals surface area (Å²) in [6, 6.07) is 6.99. The zero-order chi connectivity index (χ0) is 13.7. The number of amides is 1. The predicted molar refractivity (Wildman–Crippen MR) is 68.1 cm³/mol. The van der Waals surface area contributed by atoms with Gasteiger partial charge in [-0.1, -0.05) is 19.1 Å². The molecule has 1 aromatic rings. The molecule has 0 spiro atoms. The lowest BCUT2D eigenvalue weighted by Gasteiger charge is -2.19. The highest BCUT2D eigenvalue weighted by molar-refractivity contribution is 5.92. The Morgan fingerprint density at radius 3 is 2.33 bits per heavy atom. The van der Waals surface area contributed by atoms with Crippen LogP contribution >= 0.6 is 0 Å². The fraction of sp³-hybridized carbons (Fsp3) is 0.385. The molecule has 1 aromatic carbocycles. The molecule has 0 aliphatic carbocycles. The van der Waals surface area contributed by atoms with Crippen LogP contribution in [0.25, 0.3) is 0 Å². The smallest absolute Gasteiger partial charge is 0.307 e. The number of hydrogen-bond acceptors (Lipinski definition) is 3. The van der Waals surface area contributed by atoms with Gasteiger partial charge in [0.05, 0.1) is 5.92 Å². The number of carboxylic acid groups (broad SMARTS) is 1. The minimum atomic E-state index is -0.800. The van der Waals surface area contributed by atoms with Crippen molar-refractivity contribution in [2.45, 2.75) is 13.5 Å². The second kappa shape index (κ2) is 6.16. The molecule has 0 aromatic heterocycles. The molecule has 5 heteroatoms. The van der Waals surface area contributed by atoms with E-state index in [1.54, 1.807) is 19.1 Å². The van der Waals surface area contributed by atoms with Crippen LogP contribution in [0.4, 0.5) is 0 Å². The number of carbonyl (C=O) groups is 2. The summed E-state index contributed by atoms with van der Waals surface area (Å²) in [6.07, 6.45) is 0. The molecule has 0 fully saturated rings. The van der Waals surface area contributed by atoms with Gasteiger partial charge in [0, 0.05) is 18.7 Å². The highest BCUT2D eigenvalue weighted by Gasteiger charge is 2.13. The number of carbonyl (C=O) groups excluding carboxylic acids is 1. The van der Waals surface area contributed by atoms with Crippen LogP contribution in [0.2, 0.25) is 0 Å². The van der Waals surface area contributed by atoms with Crippen LogP contribution in [0, 0.1) is 5.92 Å². The maximum absolute atomic E-state index is 10.9. The molecule has 0 heterocycles. The molecule has 98 valence electrons. The third-order valence-electron chi connectivity index (χ3n) is 2.70. The summed E-state index contributed by atoms with van der Waals surface area (Å²) in [5.74, 6) is -1.65. The molecule has 18 heavy (non-hydrogen) atoms. The van der Waals surface area contributed by atoms with E-state index in [2.05, 4.69) is 0 Å². The number of nitrogens with zero attached hydrogens (tertiary/aromatic N) is 1. The Morgan fingerprint density at radius 2 is 1.89 bits per heavy atom. The largest absolute Gasteiger partial charge is 0.481 e. The quantitative estimate of drug-likeness (QED) is 0.787. The molecule has 0 bridgehead atoms. The van der Waals surface area contributed by atoms with Crippen molar-refractivity contribution in [3.8, 4) is 0 Å². The lowest BCUT2D eigenvalue weighted by molar-refractivity contribution is -0.141. The third-order valence-corrected chi connectivity index (χ3v) is 2.70. The molecule has 1 rings (SSSR count). The first-order valence-corrected chi connectivity index (χ1v) is 5.70. The van der Waals surface area contributed by atoms with Crippen molar-refractivity contribution in [2.24, 2.45) is 11.7 Å². The minimum absolute atomic E-state index is 0.403. The van der Waals surface area contributed by atoms with Gasteiger partial charge in [0.2, 0.25) is 5.91 Å². The first-order chi connectivity index (χ1) is 8.40. The van der Waals surface area contributed by atoms with Crippen LogP contribution in [0.1, 0.15) is 22.8 Å². The van der Waals surface area contributed by atoms with E-state index < -0.39 is 17.8 Å². The third kappa shape index (κ3) is 4.18. The average molecular weight is 250 g/mol. The number of carboxylic acids is 1. The molecule has 5 nitrogen and oxygen atoms in total. The number of primary amides is 1. The van der Waals surface area contributed by atoms with Crippen molar-refractivity contribution in [1.29, 1.82) is 0 Å². The Hall–Kier alpha value is -1.88. The average Bonchev–Trinajstić information content (AvgIpc) is 2.29. The van der Waals surface area contributed by atoms with E-state index >= 15 is 0 Å². The molecular weight excluding hydrogens is 232 g/mol. The van der Waals surface area contributed by atoms with Crippen molar-refractivity contribution >= 4 is 11.9 Å². The van der Waals surface area contributed by atoms with E-state index in [1.807, 2.05) is 24.1 Å². The second-order valence-electron chi connectivity index (χ2n) is 4.50. The normalized spacial score (nSPS) is 12.4. The summed E-state index contributed by atoms with van der Waals surface area (Å²) in [7, 11) is 1.86. The molecule has 0 saturated carbocycles. The van der Waals surface area contributed by atoms with Crippen molar-refractivity contribution in [2.75, 3.05) is 13.6 Å². The zero-order valence-electron chi connectivity index (χ0n) is 10.6. The molecular formula is C13H18N2O3. The molecule has 0 radical (unpaired) electrons. The maximum Gasteiger partial charge on any atom is 0.307 e. The number of hydrogen-bond donors (Lipinski definition) is 2. The Labute approximate surface area is 106 Å². The van der Waals surface area contributed by atoms with Gasteiger partial charge in [-0.15, -0.1) is 0 Å². The second-order valence-corrected chi connectivity index (χ2v) is 4.50. The van der Waals surface area contributed by atoms with Gasteiger partial charge in [-0.2, -0.15) is 0 Å². The van der Waals surface area contributed by atoms with Crippen molar-refractivity contribution in [3.05, 3.63) is 35.4 Å². The van der Waals surface area contributed by atoms with Gasteiger partial charge in [-0.3, -0.25) is 9.59 Å². The van der Waals surface area contributed by atoms with E-state index in [4.69, 9.17) is 10.8 Å². The molecule has 0 aliphatic heterocycles. The van der Waals surface area contributed by atoms with Gasteiger partial charge in [0.15, 0.2) is 0 Å². The number of aliphatic carboxylic acids is 1. The highest BCUT2D eigenvalue weighted by atomic mass is 16.4. The topological polar surface area (TPSA) is 83.6 Å². The van der Waals surface area contributed by atoms with Crippen molar-refractivity contribution in [1.82, 2.24) is 4.90 Å². The summed E-state index contributed by atoms with van der Waals surface area (Å²) in [5.41, 5.74) is 6.64.